The standard InChI is InChI=1S/C17H26N2O4/c1-6-11-13(15(20)22-5)12(9-18-10-7-8-10)19-14(11)16(21)23-17(2,3)4/h10,18-19H,6-9H2,1-5H3. The molecule has 1 heterocycles. The van der Waals surface area contributed by atoms with Gasteiger partial charge in [-0.05, 0) is 45.6 Å². The predicted molar refractivity (Wildman–Crippen MR) is 86.5 cm³/mol. The Morgan fingerprint density at radius 3 is 2.39 bits per heavy atom. The fourth-order valence-electron chi connectivity index (χ4n) is 2.47. The molecule has 1 saturated carbocycles. The summed E-state index contributed by atoms with van der Waals surface area (Å²) in [5.41, 5.74) is 1.53. The molecular weight excluding hydrogens is 296 g/mol. The van der Waals surface area contributed by atoms with Gasteiger partial charge in [0.2, 0.25) is 0 Å². The Morgan fingerprint density at radius 1 is 1.26 bits per heavy atom. The van der Waals surface area contributed by atoms with E-state index in [0.717, 1.165) is 12.8 Å². The van der Waals surface area contributed by atoms with Gasteiger partial charge in [0.1, 0.15) is 11.3 Å². The summed E-state index contributed by atoms with van der Waals surface area (Å²) in [4.78, 5) is 27.7. The number of methoxy groups -OCH3 is 1. The zero-order chi connectivity index (χ0) is 17.2. The van der Waals surface area contributed by atoms with Crippen molar-refractivity contribution in [1.82, 2.24) is 10.3 Å². The first-order valence-corrected chi connectivity index (χ1v) is 8.05. The van der Waals surface area contributed by atoms with Crippen LogP contribution in [0, 0.1) is 0 Å². The van der Waals surface area contributed by atoms with E-state index in [2.05, 4.69) is 10.3 Å². The van der Waals surface area contributed by atoms with Crippen LogP contribution in [-0.2, 0) is 22.4 Å². The summed E-state index contributed by atoms with van der Waals surface area (Å²) >= 11 is 0. The molecule has 1 aromatic heterocycles. The largest absolute Gasteiger partial charge is 0.465 e. The number of ether oxygens (including phenoxy) is 2. The number of aromatic nitrogens is 1. The van der Waals surface area contributed by atoms with Crippen molar-refractivity contribution in [3.8, 4) is 0 Å². The Bertz CT molecular complexity index is 594. The molecule has 0 unspecified atom stereocenters. The summed E-state index contributed by atoms with van der Waals surface area (Å²) in [6.45, 7) is 7.86. The Labute approximate surface area is 136 Å². The Hall–Kier alpha value is -1.82. The first-order chi connectivity index (χ1) is 10.8. The summed E-state index contributed by atoms with van der Waals surface area (Å²) in [6, 6.07) is 0.499. The van der Waals surface area contributed by atoms with Crippen LogP contribution in [0.2, 0.25) is 0 Å². The lowest BCUT2D eigenvalue weighted by Gasteiger charge is -2.19. The topological polar surface area (TPSA) is 80.4 Å². The van der Waals surface area contributed by atoms with Gasteiger partial charge in [-0.1, -0.05) is 6.92 Å². The third-order valence-corrected chi connectivity index (χ3v) is 3.67. The molecule has 0 aliphatic heterocycles. The molecule has 0 amide bonds. The second-order valence-electron chi connectivity index (χ2n) is 6.83. The molecule has 1 aliphatic carbocycles. The van der Waals surface area contributed by atoms with Crippen molar-refractivity contribution >= 4 is 11.9 Å². The number of rotatable bonds is 6. The summed E-state index contributed by atoms with van der Waals surface area (Å²) in [6.07, 6.45) is 2.83. The van der Waals surface area contributed by atoms with Crippen molar-refractivity contribution in [1.29, 1.82) is 0 Å². The van der Waals surface area contributed by atoms with E-state index in [1.54, 1.807) is 0 Å². The molecule has 2 N–H and O–H groups in total. The van der Waals surface area contributed by atoms with Crippen LogP contribution in [-0.4, -0.2) is 35.7 Å². The number of carbonyl (C=O) groups is 2. The summed E-state index contributed by atoms with van der Waals surface area (Å²) in [5, 5.41) is 3.35. The molecule has 6 nitrogen and oxygen atoms in total. The van der Waals surface area contributed by atoms with Crippen molar-refractivity contribution in [2.75, 3.05) is 7.11 Å². The smallest absolute Gasteiger partial charge is 0.355 e. The van der Waals surface area contributed by atoms with Crippen molar-refractivity contribution in [2.45, 2.75) is 65.1 Å². The number of carbonyl (C=O) groups excluding carboxylic acids is 2. The molecule has 128 valence electrons. The second-order valence-corrected chi connectivity index (χ2v) is 6.83. The SMILES string of the molecule is CCc1c(C(=O)OC(C)(C)C)[nH]c(CNC2CC2)c1C(=O)OC. The highest BCUT2D eigenvalue weighted by Gasteiger charge is 2.29. The lowest BCUT2D eigenvalue weighted by atomic mass is 10.1. The molecule has 0 radical (unpaired) electrons. The number of hydrogen-bond donors (Lipinski definition) is 2. The van der Waals surface area contributed by atoms with Gasteiger partial charge < -0.3 is 19.8 Å². The summed E-state index contributed by atoms with van der Waals surface area (Å²) in [5.74, 6) is -0.877. The highest BCUT2D eigenvalue weighted by Crippen LogP contribution is 2.25. The van der Waals surface area contributed by atoms with Crippen LogP contribution in [0.3, 0.4) is 0 Å². The van der Waals surface area contributed by atoms with Gasteiger partial charge in [0.15, 0.2) is 0 Å². The van der Waals surface area contributed by atoms with Crippen LogP contribution in [0.15, 0.2) is 0 Å². The van der Waals surface area contributed by atoms with Crippen LogP contribution in [0.25, 0.3) is 0 Å². The average molecular weight is 322 g/mol. The quantitative estimate of drug-likeness (QED) is 0.787. The van der Waals surface area contributed by atoms with E-state index < -0.39 is 17.5 Å². The zero-order valence-electron chi connectivity index (χ0n) is 14.5. The lowest BCUT2D eigenvalue weighted by molar-refractivity contribution is 0.00622. The maximum atomic E-state index is 12.4. The first-order valence-electron chi connectivity index (χ1n) is 8.05. The van der Waals surface area contributed by atoms with Crippen LogP contribution < -0.4 is 5.32 Å². The number of H-pyrrole nitrogens is 1. The van der Waals surface area contributed by atoms with Crippen molar-refractivity contribution in [2.24, 2.45) is 0 Å². The molecule has 1 fully saturated rings. The minimum atomic E-state index is -0.592. The summed E-state index contributed by atoms with van der Waals surface area (Å²) in [7, 11) is 1.35. The third-order valence-electron chi connectivity index (χ3n) is 3.67. The molecule has 0 aromatic carbocycles. The number of aromatic amines is 1. The van der Waals surface area contributed by atoms with Gasteiger partial charge in [0, 0.05) is 18.3 Å². The molecule has 0 spiro atoms. The molecule has 1 aliphatic rings. The van der Waals surface area contributed by atoms with Crippen molar-refractivity contribution in [3.63, 3.8) is 0 Å². The third kappa shape index (κ3) is 4.34. The van der Waals surface area contributed by atoms with E-state index in [-0.39, 0.29) is 0 Å². The molecule has 2 rings (SSSR count). The predicted octanol–water partition coefficient (Wildman–Crippen LogP) is 2.57. The van der Waals surface area contributed by atoms with Gasteiger partial charge in [0.25, 0.3) is 0 Å². The molecule has 0 atom stereocenters. The van der Waals surface area contributed by atoms with Crippen LogP contribution in [0.1, 0.15) is 72.6 Å². The Kier molecular flexibility index (Phi) is 5.14. The monoisotopic (exact) mass is 322 g/mol. The minimum absolute atomic E-state index is 0.343. The lowest BCUT2D eigenvalue weighted by Crippen LogP contribution is -2.24. The van der Waals surface area contributed by atoms with Crippen molar-refractivity contribution < 1.29 is 19.1 Å². The van der Waals surface area contributed by atoms with Crippen LogP contribution >= 0.6 is 0 Å². The van der Waals surface area contributed by atoms with E-state index in [1.807, 2.05) is 27.7 Å². The van der Waals surface area contributed by atoms with Gasteiger partial charge in [0.05, 0.1) is 12.7 Å². The van der Waals surface area contributed by atoms with E-state index in [1.165, 1.54) is 7.11 Å². The highest BCUT2D eigenvalue weighted by molar-refractivity contribution is 5.98. The van der Waals surface area contributed by atoms with E-state index in [9.17, 15) is 9.59 Å². The highest BCUT2D eigenvalue weighted by atomic mass is 16.6. The van der Waals surface area contributed by atoms with Crippen LogP contribution in [0.4, 0.5) is 0 Å². The fourth-order valence-corrected chi connectivity index (χ4v) is 2.47. The second kappa shape index (κ2) is 6.74. The maximum Gasteiger partial charge on any atom is 0.355 e. The Morgan fingerprint density at radius 2 is 1.91 bits per heavy atom. The average Bonchev–Trinajstić information content (AvgIpc) is 3.21. The first kappa shape index (κ1) is 17.5. The molecule has 0 saturated heterocycles. The van der Waals surface area contributed by atoms with Crippen LogP contribution in [0.5, 0.6) is 0 Å². The summed E-state index contributed by atoms with van der Waals surface area (Å²) < 4.78 is 10.3. The Balaban J connectivity index is 2.36. The minimum Gasteiger partial charge on any atom is -0.465 e. The number of esters is 2. The normalized spacial score (nSPS) is 14.7. The van der Waals surface area contributed by atoms with Gasteiger partial charge in [-0.2, -0.15) is 0 Å². The van der Waals surface area contributed by atoms with E-state index in [4.69, 9.17) is 9.47 Å². The van der Waals surface area contributed by atoms with E-state index in [0.29, 0.717) is 41.5 Å². The van der Waals surface area contributed by atoms with Gasteiger partial charge >= 0.3 is 11.9 Å². The molecule has 0 bridgehead atoms. The van der Waals surface area contributed by atoms with Gasteiger partial charge in [-0.25, -0.2) is 9.59 Å². The number of hydrogen-bond acceptors (Lipinski definition) is 5. The fraction of sp³-hybridized carbons (Fsp3) is 0.647. The zero-order valence-corrected chi connectivity index (χ0v) is 14.5. The van der Waals surface area contributed by atoms with Gasteiger partial charge in [-0.15, -0.1) is 0 Å². The molecular formula is C17H26N2O4. The van der Waals surface area contributed by atoms with Crippen molar-refractivity contribution in [3.05, 3.63) is 22.5 Å². The number of nitrogens with one attached hydrogen (secondary N) is 2. The molecule has 1 aromatic rings. The molecule has 6 heteroatoms. The van der Waals surface area contributed by atoms with Gasteiger partial charge in [-0.3, -0.25) is 0 Å². The van der Waals surface area contributed by atoms with E-state index >= 15 is 0 Å². The maximum absolute atomic E-state index is 12.4. The molecule has 23 heavy (non-hydrogen) atoms.